The SMILES string of the molecule is Cc1ccccc1-c1ccccc1NCCCCCCI. The molecule has 2 aromatic rings. The maximum absolute atomic E-state index is 3.61. The third kappa shape index (κ3) is 5.03. The molecular formula is C19H24IN. The summed E-state index contributed by atoms with van der Waals surface area (Å²) in [5.74, 6) is 0. The number of halogens is 1. The first kappa shape index (κ1) is 16.3. The topological polar surface area (TPSA) is 12.0 Å². The van der Waals surface area contributed by atoms with Gasteiger partial charge in [-0.25, -0.2) is 0 Å². The van der Waals surface area contributed by atoms with Gasteiger partial charge in [0.2, 0.25) is 0 Å². The third-order valence-electron chi connectivity index (χ3n) is 3.74. The van der Waals surface area contributed by atoms with Gasteiger partial charge in [0, 0.05) is 17.8 Å². The number of hydrogen-bond acceptors (Lipinski definition) is 1. The molecule has 112 valence electrons. The van der Waals surface area contributed by atoms with Crippen molar-refractivity contribution < 1.29 is 0 Å². The monoisotopic (exact) mass is 393 g/mol. The van der Waals surface area contributed by atoms with E-state index >= 15 is 0 Å². The number of alkyl halides is 1. The first-order chi connectivity index (χ1) is 10.3. The summed E-state index contributed by atoms with van der Waals surface area (Å²) in [7, 11) is 0. The Balaban J connectivity index is 1.99. The third-order valence-corrected chi connectivity index (χ3v) is 4.50. The van der Waals surface area contributed by atoms with Gasteiger partial charge in [0.15, 0.2) is 0 Å². The molecule has 0 amide bonds. The van der Waals surface area contributed by atoms with E-state index in [4.69, 9.17) is 0 Å². The fourth-order valence-corrected chi connectivity index (χ4v) is 3.08. The highest BCUT2D eigenvalue weighted by Gasteiger charge is 2.05. The number of aryl methyl sites for hydroxylation is 1. The van der Waals surface area contributed by atoms with Gasteiger partial charge < -0.3 is 5.32 Å². The quantitative estimate of drug-likeness (QED) is 0.326. The summed E-state index contributed by atoms with van der Waals surface area (Å²) in [6, 6.07) is 17.2. The molecule has 0 aliphatic carbocycles. The van der Waals surface area contributed by atoms with Crippen LogP contribution >= 0.6 is 22.6 Å². The normalized spacial score (nSPS) is 10.6. The van der Waals surface area contributed by atoms with Crippen molar-refractivity contribution in [1.82, 2.24) is 0 Å². The van der Waals surface area contributed by atoms with Crippen molar-refractivity contribution >= 4 is 28.3 Å². The maximum atomic E-state index is 3.61. The van der Waals surface area contributed by atoms with Gasteiger partial charge in [-0.05, 0) is 41.4 Å². The lowest BCUT2D eigenvalue weighted by molar-refractivity contribution is 0.692. The summed E-state index contributed by atoms with van der Waals surface area (Å²) in [5, 5.41) is 3.61. The molecule has 2 heteroatoms. The fourth-order valence-electron chi connectivity index (χ4n) is 2.54. The Labute approximate surface area is 142 Å². The molecule has 0 saturated carbocycles. The summed E-state index contributed by atoms with van der Waals surface area (Å²) in [6.07, 6.45) is 5.27. The molecule has 0 aliphatic rings. The van der Waals surface area contributed by atoms with Gasteiger partial charge in [-0.15, -0.1) is 0 Å². The molecule has 0 unspecified atom stereocenters. The van der Waals surface area contributed by atoms with Crippen LogP contribution in [0.4, 0.5) is 5.69 Å². The Bertz CT molecular complexity index is 551. The standard InChI is InChI=1S/C19H24IN/c1-16-10-4-5-11-17(16)18-12-6-7-13-19(18)21-15-9-3-2-8-14-20/h4-7,10-13,21H,2-3,8-9,14-15H2,1H3. The zero-order chi connectivity index (χ0) is 14.9. The Morgan fingerprint density at radius 1 is 0.810 bits per heavy atom. The Morgan fingerprint density at radius 3 is 2.24 bits per heavy atom. The van der Waals surface area contributed by atoms with Gasteiger partial charge in [-0.3, -0.25) is 0 Å². The first-order valence-electron chi connectivity index (χ1n) is 7.78. The number of nitrogens with one attached hydrogen (secondary N) is 1. The number of anilines is 1. The van der Waals surface area contributed by atoms with Gasteiger partial charge in [-0.1, -0.05) is 77.9 Å². The molecular weight excluding hydrogens is 369 g/mol. The van der Waals surface area contributed by atoms with E-state index in [0.29, 0.717) is 0 Å². The van der Waals surface area contributed by atoms with Crippen LogP contribution in [0, 0.1) is 6.92 Å². The Hall–Kier alpha value is -1.03. The highest BCUT2D eigenvalue weighted by molar-refractivity contribution is 14.1. The first-order valence-corrected chi connectivity index (χ1v) is 9.30. The molecule has 21 heavy (non-hydrogen) atoms. The second kappa shape index (κ2) is 9.08. The summed E-state index contributed by atoms with van der Waals surface area (Å²) in [5.41, 5.74) is 5.21. The average Bonchev–Trinajstić information content (AvgIpc) is 2.52. The van der Waals surface area contributed by atoms with E-state index in [1.807, 2.05) is 0 Å². The van der Waals surface area contributed by atoms with Crippen LogP contribution in [0.1, 0.15) is 31.2 Å². The zero-order valence-corrected chi connectivity index (χ0v) is 14.9. The number of rotatable bonds is 8. The van der Waals surface area contributed by atoms with Gasteiger partial charge >= 0.3 is 0 Å². The Morgan fingerprint density at radius 2 is 1.48 bits per heavy atom. The largest absolute Gasteiger partial charge is 0.385 e. The molecule has 0 atom stereocenters. The molecule has 0 radical (unpaired) electrons. The molecule has 0 fully saturated rings. The van der Waals surface area contributed by atoms with Crippen LogP contribution in [-0.2, 0) is 0 Å². The van der Waals surface area contributed by atoms with Crippen molar-refractivity contribution in [2.45, 2.75) is 32.6 Å². The van der Waals surface area contributed by atoms with Crippen LogP contribution in [0.15, 0.2) is 48.5 Å². The van der Waals surface area contributed by atoms with E-state index in [0.717, 1.165) is 6.54 Å². The van der Waals surface area contributed by atoms with E-state index in [9.17, 15) is 0 Å². The van der Waals surface area contributed by atoms with Crippen molar-refractivity contribution in [3.8, 4) is 11.1 Å². The summed E-state index contributed by atoms with van der Waals surface area (Å²) in [4.78, 5) is 0. The molecule has 1 N–H and O–H groups in total. The lowest BCUT2D eigenvalue weighted by Gasteiger charge is -2.14. The molecule has 0 aromatic heterocycles. The lowest BCUT2D eigenvalue weighted by atomic mass is 9.99. The molecule has 2 rings (SSSR count). The van der Waals surface area contributed by atoms with Crippen LogP contribution in [-0.4, -0.2) is 11.0 Å². The minimum atomic E-state index is 1.06. The maximum Gasteiger partial charge on any atom is 0.0419 e. The number of para-hydroxylation sites is 1. The van der Waals surface area contributed by atoms with Crippen molar-refractivity contribution in [2.75, 3.05) is 16.3 Å². The van der Waals surface area contributed by atoms with Crippen molar-refractivity contribution in [3.05, 3.63) is 54.1 Å². The smallest absolute Gasteiger partial charge is 0.0419 e. The zero-order valence-electron chi connectivity index (χ0n) is 12.7. The highest BCUT2D eigenvalue weighted by Crippen LogP contribution is 2.30. The average molecular weight is 393 g/mol. The molecule has 0 bridgehead atoms. The molecule has 0 saturated heterocycles. The predicted octanol–water partition coefficient (Wildman–Crippen LogP) is 6.07. The van der Waals surface area contributed by atoms with Crippen LogP contribution < -0.4 is 5.32 Å². The molecule has 0 spiro atoms. The van der Waals surface area contributed by atoms with Crippen LogP contribution in [0.5, 0.6) is 0 Å². The van der Waals surface area contributed by atoms with E-state index in [-0.39, 0.29) is 0 Å². The molecule has 0 aliphatic heterocycles. The van der Waals surface area contributed by atoms with Crippen molar-refractivity contribution in [2.24, 2.45) is 0 Å². The molecule has 2 aromatic carbocycles. The number of unbranched alkanes of at least 4 members (excludes halogenated alkanes) is 3. The van der Waals surface area contributed by atoms with Crippen molar-refractivity contribution in [1.29, 1.82) is 0 Å². The minimum absolute atomic E-state index is 1.06. The van der Waals surface area contributed by atoms with Gasteiger partial charge in [-0.2, -0.15) is 0 Å². The summed E-state index contributed by atoms with van der Waals surface area (Å²) in [6.45, 7) is 3.24. The molecule has 1 nitrogen and oxygen atoms in total. The fraction of sp³-hybridized carbons (Fsp3) is 0.368. The van der Waals surface area contributed by atoms with E-state index in [1.165, 1.54) is 52.5 Å². The van der Waals surface area contributed by atoms with Gasteiger partial charge in [0.25, 0.3) is 0 Å². The lowest BCUT2D eigenvalue weighted by Crippen LogP contribution is -2.03. The number of hydrogen-bond donors (Lipinski definition) is 1. The minimum Gasteiger partial charge on any atom is -0.385 e. The predicted molar refractivity (Wildman–Crippen MR) is 102 cm³/mol. The highest BCUT2D eigenvalue weighted by atomic mass is 127. The summed E-state index contributed by atoms with van der Waals surface area (Å²) < 4.78 is 1.28. The van der Waals surface area contributed by atoms with E-state index in [1.54, 1.807) is 0 Å². The number of benzene rings is 2. The van der Waals surface area contributed by atoms with Crippen LogP contribution in [0.25, 0.3) is 11.1 Å². The Kier molecular flexibility index (Phi) is 7.07. The van der Waals surface area contributed by atoms with E-state index in [2.05, 4.69) is 83.4 Å². The van der Waals surface area contributed by atoms with Crippen molar-refractivity contribution in [3.63, 3.8) is 0 Å². The summed E-state index contributed by atoms with van der Waals surface area (Å²) >= 11 is 2.46. The molecule has 0 heterocycles. The van der Waals surface area contributed by atoms with E-state index < -0.39 is 0 Å². The second-order valence-corrected chi connectivity index (χ2v) is 6.47. The van der Waals surface area contributed by atoms with Gasteiger partial charge in [0.05, 0.1) is 0 Å². The van der Waals surface area contributed by atoms with Crippen LogP contribution in [0.2, 0.25) is 0 Å². The van der Waals surface area contributed by atoms with Crippen LogP contribution in [0.3, 0.4) is 0 Å². The second-order valence-electron chi connectivity index (χ2n) is 5.39. The van der Waals surface area contributed by atoms with Gasteiger partial charge in [0.1, 0.15) is 0 Å².